The highest BCUT2D eigenvalue weighted by Crippen LogP contribution is 2.47. The van der Waals surface area contributed by atoms with E-state index in [9.17, 15) is 14.2 Å². The first-order valence-corrected chi connectivity index (χ1v) is 9.84. The van der Waals surface area contributed by atoms with Crippen molar-refractivity contribution in [2.45, 2.75) is 34.6 Å². The lowest BCUT2D eigenvalue weighted by Gasteiger charge is -2.17. The van der Waals surface area contributed by atoms with Crippen molar-refractivity contribution in [1.82, 2.24) is 9.71 Å². The van der Waals surface area contributed by atoms with E-state index in [0.29, 0.717) is 0 Å². The van der Waals surface area contributed by atoms with Crippen LogP contribution in [-0.2, 0) is 23.1 Å². The number of nitrogens with zero attached hydrogens (tertiary/aromatic N) is 2. The molecule has 10 nitrogen and oxygen atoms in total. The van der Waals surface area contributed by atoms with E-state index in [0.717, 1.165) is 4.73 Å². The molecule has 1 heterocycles. The maximum absolute atomic E-state index is 12.2. The van der Waals surface area contributed by atoms with Crippen LogP contribution in [0.1, 0.15) is 34.6 Å². The molecular weight excluding hydrogens is 365 g/mol. The van der Waals surface area contributed by atoms with Gasteiger partial charge in [0.25, 0.3) is 0 Å². The number of hydrogen-bond acceptors (Lipinski definition) is 8. The molecule has 1 aromatic rings. The molecule has 1 rings (SSSR count). The van der Waals surface area contributed by atoms with Crippen molar-refractivity contribution in [2.24, 2.45) is 5.41 Å². The lowest BCUT2D eigenvalue weighted by Crippen LogP contribution is -2.33. The smallest absolute Gasteiger partial charge is 0.381 e. The van der Waals surface area contributed by atoms with Crippen LogP contribution in [-0.4, -0.2) is 42.0 Å². The number of hydrogen-bond donors (Lipinski definition) is 1. The van der Waals surface area contributed by atoms with Gasteiger partial charge >= 0.3 is 13.3 Å². The Kier molecular flexibility index (Phi) is 8.42. The molecule has 0 bridgehead atoms. The molecule has 148 valence electrons. The van der Waals surface area contributed by atoms with Crippen molar-refractivity contribution in [3.05, 3.63) is 22.7 Å². The molecule has 0 atom stereocenters. The van der Waals surface area contributed by atoms with Gasteiger partial charge in [-0.05, 0) is 13.8 Å². The first-order chi connectivity index (χ1) is 12.1. The molecule has 0 saturated heterocycles. The van der Waals surface area contributed by atoms with Crippen LogP contribution in [0.3, 0.4) is 0 Å². The number of aromatic nitrogens is 2. The van der Waals surface area contributed by atoms with Crippen LogP contribution in [0.5, 0.6) is 0 Å². The molecule has 0 aliphatic carbocycles. The molecular formula is C15H26N3O7P. The number of rotatable bonds is 10. The SMILES string of the molecule is CCOP(=O)(COCOn1ccc(NC(=O)C(C)(C)C)nc1=O)OCC. The van der Waals surface area contributed by atoms with Crippen molar-refractivity contribution in [3.8, 4) is 0 Å². The minimum atomic E-state index is -3.34. The van der Waals surface area contributed by atoms with Gasteiger partial charge in [-0.25, -0.2) is 4.79 Å². The molecule has 1 amide bonds. The summed E-state index contributed by atoms with van der Waals surface area (Å²) in [6.45, 7) is 8.67. The third kappa shape index (κ3) is 7.25. The molecule has 1 N–H and O–H groups in total. The van der Waals surface area contributed by atoms with Crippen molar-refractivity contribution < 1.29 is 28.0 Å². The highest BCUT2D eigenvalue weighted by atomic mass is 31.2. The van der Waals surface area contributed by atoms with E-state index in [4.69, 9.17) is 18.6 Å². The quantitative estimate of drug-likeness (QED) is 0.365. The molecule has 0 aliphatic rings. The standard InChI is InChI=1S/C15H26N3O7P/c1-6-24-26(21,25-7-2)11-22-10-23-18-9-8-12(17-14(18)20)16-13(19)15(3,4)5/h8-9H,6-7,10-11H2,1-5H3,(H,16,17,19,20). The predicted molar refractivity (Wildman–Crippen MR) is 94.8 cm³/mol. The van der Waals surface area contributed by atoms with Gasteiger partial charge in [0, 0.05) is 11.5 Å². The fourth-order valence-electron chi connectivity index (χ4n) is 1.61. The van der Waals surface area contributed by atoms with Gasteiger partial charge in [0.2, 0.25) is 12.7 Å². The summed E-state index contributed by atoms with van der Waals surface area (Å²) in [5, 5.41) is 2.55. The predicted octanol–water partition coefficient (Wildman–Crippen LogP) is 1.85. The summed E-state index contributed by atoms with van der Waals surface area (Å²) in [4.78, 5) is 32.6. The fourth-order valence-corrected chi connectivity index (χ4v) is 2.92. The second-order valence-electron chi connectivity index (χ2n) is 6.15. The molecule has 0 saturated carbocycles. The van der Waals surface area contributed by atoms with Gasteiger partial charge in [-0.1, -0.05) is 20.8 Å². The molecule has 0 aliphatic heterocycles. The van der Waals surface area contributed by atoms with E-state index in [-0.39, 0.29) is 38.1 Å². The zero-order chi connectivity index (χ0) is 19.8. The maximum atomic E-state index is 12.2. The molecule has 0 spiro atoms. The van der Waals surface area contributed by atoms with E-state index < -0.39 is 18.7 Å². The first-order valence-electron chi connectivity index (χ1n) is 8.11. The van der Waals surface area contributed by atoms with Crippen LogP contribution >= 0.6 is 7.60 Å². The average Bonchev–Trinajstić information content (AvgIpc) is 2.52. The van der Waals surface area contributed by atoms with Crippen LogP contribution in [0.15, 0.2) is 17.1 Å². The molecule has 0 aromatic carbocycles. The summed E-state index contributed by atoms with van der Waals surface area (Å²) in [5.74, 6) is -0.151. The van der Waals surface area contributed by atoms with E-state index in [1.54, 1.807) is 34.6 Å². The summed E-state index contributed by atoms with van der Waals surface area (Å²) in [5.41, 5.74) is -1.35. The number of amides is 1. The Morgan fingerprint density at radius 3 is 2.38 bits per heavy atom. The zero-order valence-electron chi connectivity index (χ0n) is 15.7. The molecule has 0 unspecified atom stereocenters. The highest BCUT2D eigenvalue weighted by Gasteiger charge is 2.24. The lowest BCUT2D eigenvalue weighted by molar-refractivity contribution is -0.123. The van der Waals surface area contributed by atoms with Crippen LogP contribution in [0, 0.1) is 5.41 Å². The molecule has 11 heteroatoms. The molecule has 26 heavy (non-hydrogen) atoms. The van der Waals surface area contributed by atoms with Crippen molar-refractivity contribution in [2.75, 3.05) is 31.7 Å². The number of carbonyl (C=O) groups is 1. The number of carbonyl (C=O) groups excluding carboxylic acids is 1. The minimum Gasteiger partial charge on any atom is -0.381 e. The number of anilines is 1. The van der Waals surface area contributed by atoms with Gasteiger partial charge in [0.05, 0.1) is 19.4 Å². The van der Waals surface area contributed by atoms with Crippen molar-refractivity contribution in [3.63, 3.8) is 0 Å². The number of ether oxygens (including phenoxy) is 1. The van der Waals surface area contributed by atoms with Gasteiger partial charge in [-0.2, -0.15) is 4.98 Å². The summed E-state index contributed by atoms with van der Waals surface area (Å²) in [7, 11) is -3.34. The highest BCUT2D eigenvalue weighted by molar-refractivity contribution is 7.53. The third-order valence-electron chi connectivity index (χ3n) is 2.87. The number of nitrogens with one attached hydrogen (secondary N) is 1. The van der Waals surface area contributed by atoms with Gasteiger partial charge in [-0.3, -0.25) is 9.36 Å². The Morgan fingerprint density at radius 2 is 1.88 bits per heavy atom. The molecule has 0 radical (unpaired) electrons. The second kappa shape index (κ2) is 9.82. The summed E-state index contributed by atoms with van der Waals surface area (Å²) < 4.78 is 28.2. The molecule has 0 fully saturated rings. The van der Waals surface area contributed by atoms with E-state index in [1.165, 1.54) is 12.3 Å². The van der Waals surface area contributed by atoms with Gasteiger partial charge in [0.15, 0.2) is 6.35 Å². The lowest BCUT2D eigenvalue weighted by atomic mass is 9.96. The monoisotopic (exact) mass is 391 g/mol. The van der Waals surface area contributed by atoms with Gasteiger partial charge in [0.1, 0.15) is 5.82 Å². The van der Waals surface area contributed by atoms with E-state index >= 15 is 0 Å². The van der Waals surface area contributed by atoms with Crippen molar-refractivity contribution >= 4 is 19.3 Å². The molecule has 1 aromatic heterocycles. The summed E-state index contributed by atoms with van der Waals surface area (Å²) >= 11 is 0. The minimum absolute atomic E-state index is 0.118. The third-order valence-corrected chi connectivity index (χ3v) is 4.67. The van der Waals surface area contributed by atoms with Gasteiger partial charge < -0.3 is 23.9 Å². The largest absolute Gasteiger partial charge is 0.382 e. The Bertz CT molecular complexity index is 689. The van der Waals surface area contributed by atoms with Crippen LogP contribution in [0.25, 0.3) is 0 Å². The first kappa shape index (κ1) is 22.3. The summed E-state index contributed by atoms with van der Waals surface area (Å²) in [6, 6.07) is 1.41. The normalized spacial score (nSPS) is 12.0. The topological polar surface area (TPSA) is 118 Å². The van der Waals surface area contributed by atoms with Crippen LogP contribution in [0.4, 0.5) is 5.82 Å². The second-order valence-corrected chi connectivity index (χ2v) is 8.15. The zero-order valence-corrected chi connectivity index (χ0v) is 16.6. The van der Waals surface area contributed by atoms with Crippen molar-refractivity contribution in [1.29, 1.82) is 0 Å². The van der Waals surface area contributed by atoms with Crippen LogP contribution in [0.2, 0.25) is 0 Å². The average molecular weight is 391 g/mol. The maximum Gasteiger partial charge on any atom is 0.382 e. The fraction of sp³-hybridized carbons (Fsp3) is 0.667. The van der Waals surface area contributed by atoms with E-state index in [2.05, 4.69) is 10.3 Å². The Hall–Kier alpha value is -1.74. The summed E-state index contributed by atoms with van der Waals surface area (Å²) in [6.07, 6.45) is 0.984. The van der Waals surface area contributed by atoms with Gasteiger partial charge in [-0.15, -0.1) is 4.73 Å². The Balaban J connectivity index is 2.58. The Morgan fingerprint density at radius 1 is 1.27 bits per heavy atom. The van der Waals surface area contributed by atoms with E-state index in [1.807, 2.05) is 0 Å². The van der Waals surface area contributed by atoms with Crippen LogP contribution < -0.4 is 15.8 Å². The Labute approximate surface area is 152 Å².